The molecule has 4 rings (SSSR count). The van der Waals surface area contributed by atoms with Crippen LogP contribution in [0.3, 0.4) is 0 Å². The van der Waals surface area contributed by atoms with Crippen LogP contribution in [0, 0.1) is 17.7 Å². The van der Waals surface area contributed by atoms with Crippen LogP contribution in [-0.4, -0.2) is 70.5 Å². The maximum atomic E-state index is 13.2. The van der Waals surface area contributed by atoms with Crippen LogP contribution in [0.5, 0.6) is 0 Å². The van der Waals surface area contributed by atoms with Gasteiger partial charge in [0.05, 0.1) is 17.9 Å². The summed E-state index contributed by atoms with van der Waals surface area (Å²) in [7, 11) is 3.01. The van der Waals surface area contributed by atoms with Crippen molar-refractivity contribution in [3.05, 3.63) is 35.6 Å². The lowest BCUT2D eigenvalue weighted by Gasteiger charge is -2.46. The number of carbonyl (C=O) groups excluding carboxylic acids is 4. The first-order chi connectivity index (χ1) is 12.2. The zero-order valence-electron chi connectivity index (χ0n) is 14.6. The average molecular weight is 359 g/mol. The highest BCUT2D eigenvalue weighted by Gasteiger charge is 2.73. The molecule has 3 fully saturated rings. The molecular formula is C18H18FN3O4. The number of likely N-dealkylation sites (N-methyl/N-ethyl adjacent to an activating group) is 1. The number of piperazine rings is 1. The van der Waals surface area contributed by atoms with Gasteiger partial charge in [-0.1, -0.05) is 0 Å². The van der Waals surface area contributed by atoms with E-state index in [2.05, 4.69) is 0 Å². The molecule has 0 N–H and O–H groups in total. The fourth-order valence-corrected chi connectivity index (χ4v) is 4.74. The van der Waals surface area contributed by atoms with E-state index in [4.69, 9.17) is 0 Å². The van der Waals surface area contributed by atoms with Crippen molar-refractivity contribution in [3.63, 3.8) is 0 Å². The van der Waals surface area contributed by atoms with E-state index < -0.39 is 41.0 Å². The Morgan fingerprint density at radius 2 is 1.73 bits per heavy atom. The molecule has 0 radical (unpaired) electrons. The molecule has 4 amide bonds. The molecule has 26 heavy (non-hydrogen) atoms. The van der Waals surface area contributed by atoms with E-state index in [1.54, 1.807) is 14.0 Å². The molecule has 1 aromatic carbocycles. The molecule has 7 nitrogen and oxygen atoms in total. The molecule has 3 heterocycles. The van der Waals surface area contributed by atoms with Gasteiger partial charge >= 0.3 is 0 Å². The lowest BCUT2D eigenvalue weighted by molar-refractivity contribution is -0.153. The highest BCUT2D eigenvalue weighted by molar-refractivity contribution is 6.12. The molecular weight excluding hydrogens is 341 g/mol. The Labute approximate surface area is 149 Å². The Balaban J connectivity index is 1.85. The second-order valence-corrected chi connectivity index (χ2v) is 7.32. The fraction of sp³-hybridized carbons (Fsp3) is 0.444. The van der Waals surface area contributed by atoms with Gasteiger partial charge in [-0.15, -0.1) is 0 Å². The van der Waals surface area contributed by atoms with E-state index in [1.165, 1.54) is 41.1 Å². The standard InChI is InChI=1S/C18H18FN3O4/c1-18-13-12(15(24)21(3)16(13)25)11(8-20(2)17(18)26)22(18)14(23)9-4-6-10(19)7-5-9/h4-7,11-13H,8H2,1-3H3/t11-,12+,13-,18-/m1/s1. The second-order valence-electron chi connectivity index (χ2n) is 7.32. The third kappa shape index (κ3) is 1.81. The van der Waals surface area contributed by atoms with E-state index in [9.17, 15) is 23.6 Å². The first-order valence-corrected chi connectivity index (χ1v) is 8.35. The van der Waals surface area contributed by atoms with Crippen molar-refractivity contribution in [1.82, 2.24) is 14.7 Å². The van der Waals surface area contributed by atoms with Crippen LogP contribution < -0.4 is 0 Å². The van der Waals surface area contributed by atoms with Gasteiger partial charge in [-0.3, -0.25) is 24.1 Å². The number of rotatable bonds is 1. The average Bonchev–Trinajstić information content (AvgIpc) is 2.97. The Hall–Kier alpha value is -2.77. The highest BCUT2D eigenvalue weighted by Crippen LogP contribution is 2.52. The maximum Gasteiger partial charge on any atom is 0.255 e. The first-order valence-electron chi connectivity index (χ1n) is 8.35. The van der Waals surface area contributed by atoms with Crippen LogP contribution in [-0.2, 0) is 14.4 Å². The molecule has 0 spiro atoms. The number of amides is 4. The minimum absolute atomic E-state index is 0.176. The van der Waals surface area contributed by atoms with Crippen molar-refractivity contribution in [3.8, 4) is 0 Å². The molecule has 8 heteroatoms. The number of nitrogens with zero attached hydrogens (tertiary/aromatic N) is 3. The second kappa shape index (κ2) is 5.12. The Kier molecular flexibility index (Phi) is 3.29. The normalized spacial score (nSPS) is 33.2. The van der Waals surface area contributed by atoms with Crippen molar-refractivity contribution in [1.29, 1.82) is 0 Å². The summed E-state index contributed by atoms with van der Waals surface area (Å²) >= 11 is 0. The third-order valence-corrected chi connectivity index (χ3v) is 5.97. The van der Waals surface area contributed by atoms with E-state index in [-0.39, 0.29) is 23.9 Å². The maximum absolute atomic E-state index is 13.2. The third-order valence-electron chi connectivity index (χ3n) is 5.97. The van der Waals surface area contributed by atoms with E-state index in [0.29, 0.717) is 0 Å². The Morgan fingerprint density at radius 1 is 1.12 bits per heavy atom. The summed E-state index contributed by atoms with van der Waals surface area (Å²) in [6.07, 6.45) is 0. The van der Waals surface area contributed by atoms with E-state index >= 15 is 0 Å². The molecule has 0 aliphatic carbocycles. The first kappa shape index (κ1) is 16.7. The zero-order chi connectivity index (χ0) is 19.0. The minimum Gasteiger partial charge on any atom is -0.342 e. The largest absolute Gasteiger partial charge is 0.342 e. The van der Waals surface area contributed by atoms with Gasteiger partial charge in [-0.2, -0.15) is 0 Å². The minimum atomic E-state index is -1.44. The van der Waals surface area contributed by atoms with Crippen molar-refractivity contribution >= 4 is 23.6 Å². The van der Waals surface area contributed by atoms with Crippen LogP contribution in [0.25, 0.3) is 0 Å². The number of halogens is 1. The predicted octanol–water partition coefficient (Wildman–Crippen LogP) is 0.112. The van der Waals surface area contributed by atoms with Gasteiger partial charge in [0.15, 0.2) is 0 Å². The van der Waals surface area contributed by atoms with E-state index in [0.717, 1.165) is 4.90 Å². The topological polar surface area (TPSA) is 78.0 Å². The van der Waals surface area contributed by atoms with Crippen LogP contribution in [0.1, 0.15) is 17.3 Å². The molecule has 1 aromatic rings. The van der Waals surface area contributed by atoms with Crippen molar-refractivity contribution < 1.29 is 23.6 Å². The molecule has 3 aliphatic heterocycles. The number of imide groups is 1. The summed E-state index contributed by atoms with van der Waals surface area (Å²) in [5.41, 5.74) is -1.22. The number of hydrogen-bond acceptors (Lipinski definition) is 4. The Bertz CT molecular complexity index is 854. The molecule has 3 saturated heterocycles. The number of likely N-dealkylation sites (tertiary alicyclic amines) is 2. The molecule has 2 bridgehead atoms. The van der Waals surface area contributed by atoms with Gasteiger partial charge < -0.3 is 9.80 Å². The molecule has 0 aromatic heterocycles. The number of fused-ring (bicyclic) bond motifs is 5. The monoisotopic (exact) mass is 359 g/mol. The Morgan fingerprint density at radius 3 is 2.35 bits per heavy atom. The van der Waals surface area contributed by atoms with Gasteiger partial charge in [-0.25, -0.2) is 4.39 Å². The van der Waals surface area contributed by atoms with Crippen molar-refractivity contribution in [2.75, 3.05) is 20.6 Å². The smallest absolute Gasteiger partial charge is 0.255 e. The lowest BCUT2D eigenvalue weighted by Crippen LogP contribution is -2.67. The summed E-state index contributed by atoms with van der Waals surface area (Å²) in [6, 6.07) is 4.43. The van der Waals surface area contributed by atoms with E-state index in [1.807, 2.05) is 0 Å². The quantitative estimate of drug-likeness (QED) is 0.667. The summed E-state index contributed by atoms with van der Waals surface area (Å²) in [6.45, 7) is 1.73. The molecule has 3 aliphatic rings. The van der Waals surface area contributed by atoms with Gasteiger partial charge in [0.2, 0.25) is 17.7 Å². The molecule has 4 atom stereocenters. The molecule has 0 saturated carbocycles. The van der Waals surface area contributed by atoms with Crippen LogP contribution in [0.15, 0.2) is 24.3 Å². The van der Waals surface area contributed by atoms with Gasteiger partial charge in [0, 0.05) is 26.2 Å². The molecule has 0 unspecified atom stereocenters. The molecule has 136 valence electrons. The predicted molar refractivity (Wildman–Crippen MR) is 87.2 cm³/mol. The summed E-state index contributed by atoms with van der Waals surface area (Å²) < 4.78 is 13.2. The van der Waals surface area contributed by atoms with Gasteiger partial charge in [-0.05, 0) is 31.2 Å². The number of carbonyl (C=O) groups is 4. The summed E-state index contributed by atoms with van der Waals surface area (Å²) in [5, 5.41) is 0. The highest BCUT2D eigenvalue weighted by atomic mass is 19.1. The number of hydrogen-bond donors (Lipinski definition) is 0. The van der Waals surface area contributed by atoms with Crippen molar-refractivity contribution in [2.24, 2.45) is 11.8 Å². The zero-order valence-corrected chi connectivity index (χ0v) is 14.6. The SMILES string of the molecule is CN1C[C@@H]2[C@@H]3C(=O)N(C)C(=O)[C@@H]3[C@](C)(C1=O)N2C(=O)c1ccc(F)cc1. The van der Waals surface area contributed by atoms with Gasteiger partial charge in [0.1, 0.15) is 11.4 Å². The summed E-state index contributed by atoms with van der Waals surface area (Å²) in [4.78, 5) is 55.4. The lowest BCUT2D eigenvalue weighted by atomic mass is 9.81. The van der Waals surface area contributed by atoms with Crippen LogP contribution in [0.2, 0.25) is 0 Å². The van der Waals surface area contributed by atoms with Crippen LogP contribution >= 0.6 is 0 Å². The number of benzene rings is 1. The van der Waals surface area contributed by atoms with Gasteiger partial charge in [0.25, 0.3) is 5.91 Å². The van der Waals surface area contributed by atoms with Crippen LogP contribution in [0.4, 0.5) is 4.39 Å². The fourth-order valence-electron chi connectivity index (χ4n) is 4.74. The van der Waals surface area contributed by atoms with Crippen molar-refractivity contribution in [2.45, 2.75) is 18.5 Å². The summed E-state index contributed by atoms with van der Waals surface area (Å²) in [5.74, 6) is -3.76.